The fourth-order valence-corrected chi connectivity index (χ4v) is 1.72. The second-order valence-corrected chi connectivity index (χ2v) is 3.69. The number of carbonyl (C=O) groups excluding carboxylic acids is 1. The number of aryl methyl sites for hydroxylation is 1. The Morgan fingerprint density at radius 3 is 2.74 bits per heavy atom. The Morgan fingerprint density at radius 2 is 2.11 bits per heavy atom. The summed E-state index contributed by atoms with van der Waals surface area (Å²) in [5.41, 5.74) is 0.883. The van der Waals surface area contributed by atoms with Gasteiger partial charge in [-0.25, -0.2) is 9.78 Å². The summed E-state index contributed by atoms with van der Waals surface area (Å²) in [7, 11) is 1.79. The average Bonchev–Trinajstić information content (AvgIpc) is 2.71. The minimum absolute atomic E-state index is 0. The minimum atomic E-state index is -0.431. The van der Waals surface area contributed by atoms with Gasteiger partial charge in [0, 0.05) is 19.4 Å². The predicted molar refractivity (Wildman–Crippen MR) is 72.9 cm³/mol. The first-order valence-corrected chi connectivity index (χ1v) is 5.79. The molecule has 0 saturated carbocycles. The lowest BCUT2D eigenvalue weighted by atomic mass is 10.2. The summed E-state index contributed by atoms with van der Waals surface area (Å²) >= 11 is 0. The SMILES string of the molecule is CCOC(=O)c1cnc2nn(C)cc2c1OCC.Cl. The summed E-state index contributed by atoms with van der Waals surface area (Å²) in [6.45, 7) is 4.39. The second-order valence-electron chi connectivity index (χ2n) is 3.69. The molecule has 0 aliphatic rings. The van der Waals surface area contributed by atoms with E-state index in [0.29, 0.717) is 35.6 Å². The topological polar surface area (TPSA) is 66.2 Å². The molecule has 0 bridgehead atoms. The molecule has 104 valence electrons. The Balaban J connectivity index is 0.00000180. The Morgan fingerprint density at radius 1 is 1.37 bits per heavy atom. The van der Waals surface area contributed by atoms with E-state index in [-0.39, 0.29) is 12.4 Å². The van der Waals surface area contributed by atoms with Gasteiger partial charge in [0.25, 0.3) is 0 Å². The maximum atomic E-state index is 11.8. The Bertz CT molecular complexity index is 583. The van der Waals surface area contributed by atoms with Crippen LogP contribution in [0.3, 0.4) is 0 Å². The molecular weight excluding hydrogens is 270 g/mol. The Labute approximate surface area is 117 Å². The highest BCUT2D eigenvalue weighted by Crippen LogP contribution is 2.28. The number of pyridine rings is 1. The van der Waals surface area contributed by atoms with Gasteiger partial charge in [-0.05, 0) is 13.8 Å². The molecule has 0 amide bonds. The van der Waals surface area contributed by atoms with E-state index in [1.54, 1.807) is 24.9 Å². The van der Waals surface area contributed by atoms with Gasteiger partial charge in [0.1, 0.15) is 11.3 Å². The number of fused-ring (bicyclic) bond motifs is 1. The van der Waals surface area contributed by atoms with Crippen LogP contribution >= 0.6 is 12.4 Å². The van der Waals surface area contributed by atoms with Gasteiger partial charge < -0.3 is 9.47 Å². The molecule has 19 heavy (non-hydrogen) atoms. The number of esters is 1. The van der Waals surface area contributed by atoms with Crippen molar-refractivity contribution in [3.63, 3.8) is 0 Å². The molecule has 0 atom stereocenters. The van der Waals surface area contributed by atoms with Crippen molar-refractivity contribution in [1.29, 1.82) is 0 Å². The van der Waals surface area contributed by atoms with E-state index in [4.69, 9.17) is 9.47 Å². The molecule has 0 spiro atoms. The van der Waals surface area contributed by atoms with Crippen LogP contribution in [0.2, 0.25) is 0 Å². The molecule has 0 aliphatic carbocycles. The zero-order valence-electron chi connectivity index (χ0n) is 11.0. The lowest BCUT2D eigenvalue weighted by molar-refractivity contribution is 0.0522. The largest absolute Gasteiger partial charge is 0.492 e. The van der Waals surface area contributed by atoms with Crippen molar-refractivity contribution in [1.82, 2.24) is 14.8 Å². The van der Waals surface area contributed by atoms with Crippen LogP contribution in [-0.2, 0) is 11.8 Å². The van der Waals surface area contributed by atoms with Gasteiger partial charge >= 0.3 is 5.97 Å². The monoisotopic (exact) mass is 285 g/mol. The van der Waals surface area contributed by atoms with Crippen molar-refractivity contribution in [3.05, 3.63) is 18.0 Å². The zero-order valence-corrected chi connectivity index (χ0v) is 11.9. The number of carbonyl (C=O) groups is 1. The molecule has 2 heterocycles. The van der Waals surface area contributed by atoms with Crippen LogP contribution in [0.25, 0.3) is 11.0 Å². The molecule has 2 rings (SSSR count). The molecule has 0 N–H and O–H groups in total. The summed E-state index contributed by atoms with van der Waals surface area (Å²) in [5, 5.41) is 4.89. The summed E-state index contributed by atoms with van der Waals surface area (Å²) < 4.78 is 12.2. The molecule has 0 fully saturated rings. The first-order chi connectivity index (χ1) is 8.67. The normalized spacial score (nSPS) is 10.1. The fraction of sp³-hybridized carbons (Fsp3) is 0.417. The Kier molecular flexibility index (Phi) is 5.11. The van der Waals surface area contributed by atoms with Gasteiger partial charge in [-0.15, -0.1) is 12.4 Å². The molecule has 0 saturated heterocycles. The first kappa shape index (κ1) is 15.2. The lowest BCUT2D eigenvalue weighted by Gasteiger charge is -2.09. The summed E-state index contributed by atoms with van der Waals surface area (Å²) in [6.07, 6.45) is 3.22. The van der Waals surface area contributed by atoms with Gasteiger partial charge in [0.2, 0.25) is 0 Å². The van der Waals surface area contributed by atoms with Gasteiger partial charge in [-0.1, -0.05) is 0 Å². The average molecular weight is 286 g/mol. The van der Waals surface area contributed by atoms with Crippen LogP contribution in [0.5, 0.6) is 5.75 Å². The summed E-state index contributed by atoms with van der Waals surface area (Å²) in [6, 6.07) is 0. The number of halogens is 1. The van der Waals surface area contributed by atoms with Crippen molar-refractivity contribution in [2.24, 2.45) is 7.05 Å². The standard InChI is InChI=1S/C12H15N3O3.ClH/c1-4-17-10-8(12(16)18-5-2)6-13-11-9(10)7-15(3)14-11;/h6-7H,4-5H2,1-3H3;1H. The third kappa shape index (κ3) is 2.96. The maximum absolute atomic E-state index is 11.8. The third-order valence-electron chi connectivity index (χ3n) is 2.40. The van der Waals surface area contributed by atoms with Crippen molar-refractivity contribution < 1.29 is 14.3 Å². The zero-order chi connectivity index (χ0) is 13.1. The maximum Gasteiger partial charge on any atom is 0.343 e. The first-order valence-electron chi connectivity index (χ1n) is 5.79. The van der Waals surface area contributed by atoms with Crippen LogP contribution in [0, 0.1) is 0 Å². The van der Waals surface area contributed by atoms with Crippen molar-refractivity contribution in [2.75, 3.05) is 13.2 Å². The molecule has 6 nitrogen and oxygen atoms in total. The van der Waals surface area contributed by atoms with Gasteiger partial charge in [0.15, 0.2) is 5.65 Å². The van der Waals surface area contributed by atoms with E-state index >= 15 is 0 Å². The third-order valence-corrected chi connectivity index (χ3v) is 2.40. The van der Waals surface area contributed by atoms with Crippen LogP contribution in [-0.4, -0.2) is 33.9 Å². The van der Waals surface area contributed by atoms with Crippen LogP contribution in [0.15, 0.2) is 12.4 Å². The number of hydrogen-bond acceptors (Lipinski definition) is 5. The predicted octanol–water partition coefficient (Wildman–Crippen LogP) is 1.97. The van der Waals surface area contributed by atoms with Crippen LogP contribution < -0.4 is 4.74 Å². The van der Waals surface area contributed by atoms with Gasteiger partial charge in [0.05, 0.1) is 18.6 Å². The minimum Gasteiger partial charge on any atom is -0.492 e. The second kappa shape index (κ2) is 6.38. The molecule has 2 aromatic heterocycles. The Hall–Kier alpha value is -1.82. The fourth-order valence-electron chi connectivity index (χ4n) is 1.72. The van der Waals surface area contributed by atoms with E-state index < -0.39 is 5.97 Å². The van der Waals surface area contributed by atoms with Crippen LogP contribution in [0.4, 0.5) is 0 Å². The van der Waals surface area contributed by atoms with Crippen LogP contribution in [0.1, 0.15) is 24.2 Å². The highest BCUT2D eigenvalue weighted by molar-refractivity contribution is 5.98. The highest BCUT2D eigenvalue weighted by Gasteiger charge is 2.19. The molecule has 0 radical (unpaired) electrons. The number of nitrogens with zero attached hydrogens (tertiary/aromatic N) is 3. The van der Waals surface area contributed by atoms with Crippen molar-refractivity contribution in [2.45, 2.75) is 13.8 Å². The molecule has 0 unspecified atom stereocenters. The number of ether oxygens (including phenoxy) is 2. The molecule has 0 aliphatic heterocycles. The summed E-state index contributed by atoms with van der Waals surface area (Å²) in [4.78, 5) is 16.0. The van der Waals surface area contributed by atoms with Gasteiger partial charge in [-0.2, -0.15) is 5.10 Å². The lowest BCUT2D eigenvalue weighted by Crippen LogP contribution is -2.08. The van der Waals surface area contributed by atoms with E-state index in [9.17, 15) is 4.79 Å². The summed E-state index contributed by atoms with van der Waals surface area (Å²) in [5.74, 6) is 0.0493. The van der Waals surface area contributed by atoms with E-state index in [1.165, 1.54) is 6.20 Å². The van der Waals surface area contributed by atoms with Gasteiger partial charge in [-0.3, -0.25) is 4.68 Å². The molecular formula is C12H16ClN3O3. The van der Waals surface area contributed by atoms with Crippen molar-refractivity contribution >= 4 is 29.4 Å². The molecule has 2 aromatic rings. The van der Waals surface area contributed by atoms with Crippen molar-refractivity contribution in [3.8, 4) is 5.75 Å². The van der Waals surface area contributed by atoms with E-state index in [0.717, 1.165) is 0 Å². The molecule has 7 heteroatoms. The smallest absolute Gasteiger partial charge is 0.343 e. The van der Waals surface area contributed by atoms with E-state index in [2.05, 4.69) is 10.1 Å². The quantitative estimate of drug-likeness (QED) is 0.804. The van der Waals surface area contributed by atoms with E-state index in [1.807, 2.05) is 6.92 Å². The number of aromatic nitrogens is 3. The number of hydrogen-bond donors (Lipinski definition) is 0. The molecule has 0 aromatic carbocycles. The number of rotatable bonds is 4. The highest BCUT2D eigenvalue weighted by atomic mass is 35.5.